The Kier molecular flexibility index (Phi) is 4.89. The molecule has 1 aliphatic heterocycles. The van der Waals surface area contributed by atoms with Gasteiger partial charge in [-0.25, -0.2) is 22.5 Å². The predicted octanol–water partition coefficient (Wildman–Crippen LogP) is 2.83. The van der Waals surface area contributed by atoms with E-state index in [1.54, 1.807) is 42.5 Å². The standard InChI is InChI=1S/C19H15N3O5S2/c1-27-18(24)14-11-20-19(21-14)28-17(12-7-3-2-4-8-12)22-16(23)13-9-5-6-10-15(13)29(22,25)26/h2-11,17H,1H3,(H,20,21). The Morgan fingerprint density at radius 3 is 2.52 bits per heavy atom. The van der Waals surface area contributed by atoms with Crippen LogP contribution in [-0.4, -0.2) is 41.7 Å². The van der Waals surface area contributed by atoms with Crippen LogP contribution in [0.15, 0.2) is 70.8 Å². The van der Waals surface area contributed by atoms with Crippen LogP contribution in [-0.2, 0) is 14.8 Å². The summed E-state index contributed by atoms with van der Waals surface area (Å²) in [5, 5.41) is -0.643. The number of H-pyrrole nitrogens is 1. The number of sulfonamides is 1. The van der Waals surface area contributed by atoms with Gasteiger partial charge in [0, 0.05) is 0 Å². The first-order valence-electron chi connectivity index (χ1n) is 8.46. The highest BCUT2D eigenvalue weighted by Crippen LogP contribution is 2.44. The first-order chi connectivity index (χ1) is 13.9. The molecule has 0 aliphatic carbocycles. The second-order valence-electron chi connectivity index (χ2n) is 6.08. The Labute approximate surface area is 171 Å². The van der Waals surface area contributed by atoms with Crippen molar-refractivity contribution in [2.24, 2.45) is 0 Å². The van der Waals surface area contributed by atoms with Gasteiger partial charge in [0.15, 0.2) is 5.16 Å². The van der Waals surface area contributed by atoms with E-state index in [1.807, 2.05) is 0 Å². The van der Waals surface area contributed by atoms with Crippen LogP contribution in [0.1, 0.15) is 31.8 Å². The molecule has 0 radical (unpaired) electrons. The van der Waals surface area contributed by atoms with Gasteiger partial charge in [0.25, 0.3) is 15.9 Å². The van der Waals surface area contributed by atoms with Crippen LogP contribution in [0.4, 0.5) is 0 Å². The number of thioether (sulfide) groups is 1. The lowest BCUT2D eigenvalue weighted by molar-refractivity contribution is 0.0594. The van der Waals surface area contributed by atoms with Crippen molar-refractivity contribution in [2.75, 3.05) is 7.11 Å². The molecule has 8 nitrogen and oxygen atoms in total. The molecule has 1 aliphatic rings. The second kappa shape index (κ2) is 7.37. The van der Waals surface area contributed by atoms with Crippen LogP contribution >= 0.6 is 11.8 Å². The van der Waals surface area contributed by atoms with E-state index >= 15 is 0 Å². The minimum Gasteiger partial charge on any atom is -0.464 e. The number of carbonyl (C=O) groups is 2. The van der Waals surface area contributed by atoms with E-state index < -0.39 is 27.3 Å². The maximum absolute atomic E-state index is 13.1. The van der Waals surface area contributed by atoms with E-state index in [-0.39, 0.29) is 21.3 Å². The first-order valence-corrected chi connectivity index (χ1v) is 10.8. The van der Waals surface area contributed by atoms with Gasteiger partial charge in [0.05, 0.1) is 18.9 Å². The number of ether oxygens (including phenoxy) is 1. The maximum Gasteiger partial charge on any atom is 0.356 e. The lowest BCUT2D eigenvalue weighted by Crippen LogP contribution is -2.32. The molecule has 0 saturated heterocycles. The average molecular weight is 429 g/mol. The molecule has 2 heterocycles. The zero-order valence-corrected chi connectivity index (χ0v) is 16.7. The van der Waals surface area contributed by atoms with E-state index in [4.69, 9.17) is 0 Å². The van der Waals surface area contributed by atoms with Crippen molar-refractivity contribution in [3.05, 3.63) is 77.6 Å². The smallest absolute Gasteiger partial charge is 0.356 e. The van der Waals surface area contributed by atoms with Gasteiger partial charge in [0.2, 0.25) is 0 Å². The minimum absolute atomic E-state index is 0.0266. The second-order valence-corrected chi connectivity index (χ2v) is 8.93. The zero-order chi connectivity index (χ0) is 20.6. The van der Waals surface area contributed by atoms with Crippen LogP contribution in [0, 0.1) is 0 Å². The molecular weight excluding hydrogens is 414 g/mol. The molecule has 1 N–H and O–H groups in total. The zero-order valence-electron chi connectivity index (χ0n) is 15.1. The van der Waals surface area contributed by atoms with Crippen molar-refractivity contribution in [1.82, 2.24) is 14.3 Å². The summed E-state index contributed by atoms with van der Waals surface area (Å²) in [5.41, 5.74) is 0.850. The predicted molar refractivity (Wildman–Crippen MR) is 105 cm³/mol. The van der Waals surface area contributed by atoms with Crippen molar-refractivity contribution < 1.29 is 22.7 Å². The lowest BCUT2D eigenvalue weighted by Gasteiger charge is -2.25. The van der Waals surface area contributed by atoms with E-state index in [9.17, 15) is 18.0 Å². The Morgan fingerprint density at radius 2 is 1.83 bits per heavy atom. The largest absolute Gasteiger partial charge is 0.464 e. The molecule has 29 heavy (non-hydrogen) atoms. The fourth-order valence-electron chi connectivity index (χ4n) is 2.99. The molecule has 1 aromatic heterocycles. The minimum atomic E-state index is -4.05. The van der Waals surface area contributed by atoms with E-state index in [0.717, 1.165) is 16.1 Å². The molecule has 0 bridgehead atoms. The molecule has 4 rings (SSSR count). The number of carbonyl (C=O) groups excluding carboxylic acids is 2. The Hall–Kier alpha value is -3.11. The van der Waals surface area contributed by atoms with E-state index in [2.05, 4.69) is 14.7 Å². The average Bonchev–Trinajstić information content (AvgIpc) is 3.28. The number of aromatic amines is 1. The van der Waals surface area contributed by atoms with Crippen molar-refractivity contribution in [2.45, 2.75) is 15.4 Å². The van der Waals surface area contributed by atoms with Crippen molar-refractivity contribution >= 4 is 33.7 Å². The molecule has 2 aromatic carbocycles. The molecule has 1 amide bonds. The lowest BCUT2D eigenvalue weighted by atomic mass is 10.2. The molecule has 1 unspecified atom stereocenters. The number of methoxy groups -OCH3 is 1. The highest BCUT2D eigenvalue weighted by Gasteiger charge is 2.46. The summed E-state index contributed by atoms with van der Waals surface area (Å²) in [6, 6.07) is 14.9. The Morgan fingerprint density at radius 1 is 1.14 bits per heavy atom. The molecule has 10 heteroatoms. The highest BCUT2D eigenvalue weighted by atomic mass is 32.2. The molecule has 0 saturated carbocycles. The van der Waals surface area contributed by atoms with Gasteiger partial charge in [-0.15, -0.1) is 0 Å². The van der Waals surface area contributed by atoms with Gasteiger partial charge >= 0.3 is 5.97 Å². The summed E-state index contributed by atoms with van der Waals surface area (Å²) in [6.07, 6.45) is 1.30. The van der Waals surface area contributed by atoms with Gasteiger partial charge in [-0.1, -0.05) is 54.2 Å². The number of hydrogen-bond donors (Lipinski definition) is 1. The molecule has 0 spiro atoms. The van der Waals surface area contributed by atoms with Crippen LogP contribution in [0.2, 0.25) is 0 Å². The normalized spacial score (nSPS) is 15.8. The number of nitrogens with one attached hydrogen (secondary N) is 1. The number of hydrogen-bond acceptors (Lipinski definition) is 7. The quantitative estimate of drug-likeness (QED) is 0.491. The van der Waals surface area contributed by atoms with Gasteiger partial charge in [0.1, 0.15) is 16.0 Å². The summed E-state index contributed by atoms with van der Waals surface area (Å²) in [5.74, 6) is -1.21. The van der Waals surface area contributed by atoms with Gasteiger partial charge in [-0.3, -0.25) is 4.79 Å². The van der Waals surface area contributed by atoms with Gasteiger partial charge < -0.3 is 9.72 Å². The number of imidazole rings is 1. The number of fused-ring (bicyclic) bond motifs is 1. The molecule has 1 atom stereocenters. The Bertz CT molecular complexity index is 1190. The first kappa shape index (κ1) is 19.2. The summed E-state index contributed by atoms with van der Waals surface area (Å²) < 4.78 is 31.8. The topological polar surface area (TPSA) is 109 Å². The monoisotopic (exact) mass is 429 g/mol. The van der Waals surface area contributed by atoms with Crippen LogP contribution in [0.5, 0.6) is 0 Å². The number of rotatable bonds is 5. The van der Waals surface area contributed by atoms with E-state index in [1.165, 1.54) is 25.4 Å². The van der Waals surface area contributed by atoms with Crippen LogP contribution < -0.4 is 0 Å². The maximum atomic E-state index is 13.1. The van der Waals surface area contributed by atoms with Crippen LogP contribution in [0.3, 0.4) is 0 Å². The van der Waals surface area contributed by atoms with Crippen LogP contribution in [0.25, 0.3) is 0 Å². The Balaban J connectivity index is 1.78. The molecule has 148 valence electrons. The van der Waals surface area contributed by atoms with E-state index in [0.29, 0.717) is 5.56 Å². The summed E-state index contributed by atoms with van der Waals surface area (Å²) >= 11 is 1.02. The molecule has 0 fully saturated rings. The third kappa shape index (κ3) is 3.30. The number of benzene rings is 2. The fourth-order valence-corrected chi connectivity index (χ4v) is 6.02. The van der Waals surface area contributed by atoms with Gasteiger partial charge in [-0.2, -0.15) is 0 Å². The SMILES string of the molecule is COC(=O)c1cnc(SC(c2ccccc2)N2C(=O)c3ccccc3S2(=O)=O)[nH]1. The highest BCUT2D eigenvalue weighted by molar-refractivity contribution is 8.00. The van der Waals surface area contributed by atoms with Crippen molar-refractivity contribution in [3.63, 3.8) is 0 Å². The molecular formula is C19H15N3O5S2. The number of aromatic nitrogens is 2. The third-order valence-electron chi connectivity index (χ3n) is 4.33. The number of esters is 1. The van der Waals surface area contributed by atoms with Gasteiger partial charge in [-0.05, 0) is 17.7 Å². The van der Waals surface area contributed by atoms with Crippen molar-refractivity contribution in [1.29, 1.82) is 0 Å². The number of nitrogens with zero attached hydrogens (tertiary/aromatic N) is 2. The summed E-state index contributed by atoms with van der Waals surface area (Å²) in [7, 11) is -2.80. The fraction of sp³-hybridized carbons (Fsp3) is 0.105. The van der Waals surface area contributed by atoms with Crippen molar-refractivity contribution in [3.8, 4) is 0 Å². The molecule has 3 aromatic rings. The summed E-state index contributed by atoms with van der Waals surface area (Å²) in [4.78, 5) is 31.6. The number of amides is 1. The third-order valence-corrected chi connectivity index (χ3v) is 7.41. The summed E-state index contributed by atoms with van der Waals surface area (Å²) in [6.45, 7) is 0.